The first-order chi connectivity index (χ1) is 12.0. The molecule has 0 spiro atoms. The molecule has 0 aliphatic heterocycles. The number of hydrogen-bond acceptors (Lipinski definition) is 6. The molecule has 2 aromatic rings. The quantitative estimate of drug-likeness (QED) is 0.627. The lowest BCUT2D eigenvalue weighted by Crippen LogP contribution is -2.19. The van der Waals surface area contributed by atoms with Crippen LogP contribution in [0.5, 0.6) is 0 Å². The van der Waals surface area contributed by atoms with Crippen molar-refractivity contribution in [2.75, 3.05) is 5.32 Å². The molecule has 1 N–H and O–H groups in total. The number of rotatable bonds is 6. The first-order valence-electron chi connectivity index (χ1n) is 8.42. The molecule has 2 heterocycles. The van der Waals surface area contributed by atoms with E-state index in [0.29, 0.717) is 11.0 Å². The molecular weight excluding hydrogens is 342 g/mol. The number of aromatic nitrogens is 3. The molecule has 0 radical (unpaired) electrons. The fourth-order valence-corrected chi connectivity index (χ4v) is 4.34. The van der Waals surface area contributed by atoms with E-state index in [1.54, 1.807) is 18.3 Å². The number of hydrogen-bond donors (Lipinski definition) is 1. The van der Waals surface area contributed by atoms with E-state index in [2.05, 4.69) is 22.2 Å². The Hall–Kier alpha value is -2.29. The summed E-state index contributed by atoms with van der Waals surface area (Å²) in [6, 6.07) is 0. The van der Waals surface area contributed by atoms with Gasteiger partial charge in [0.05, 0.1) is 5.69 Å². The van der Waals surface area contributed by atoms with Crippen LogP contribution in [0, 0.1) is 23.0 Å². The van der Waals surface area contributed by atoms with Crippen molar-refractivity contribution in [2.45, 2.75) is 52.5 Å². The second kappa shape index (κ2) is 7.30. The lowest BCUT2D eigenvalue weighted by atomic mass is 9.88. The van der Waals surface area contributed by atoms with Gasteiger partial charge in [0.25, 0.3) is 0 Å². The number of carbonyl (C=O) groups is 1. The van der Waals surface area contributed by atoms with Crippen LogP contribution in [-0.4, -0.2) is 25.4 Å². The van der Waals surface area contributed by atoms with Crippen LogP contribution in [0.2, 0.25) is 0 Å². The number of nitro groups is 1. The van der Waals surface area contributed by atoms with Gasteiger partial charge in [0.1, 0.15) is 12.7 Å². The summed E-state index contributed by atoms with van der Waals surface area (Å²) in [5.74, 6) is 0.641. The number of nitrogens with one attached hydrogen (secondary N) is 1. The number of anilines is 1. The molecule has 0 saturated heterocycles. The van der Waals surface area contributed by atoms with Crippen molar-refractivity contribution < 1.29 is 9.72 Å². The SMILES string of the molecule is CCCC1CCc2nc(NC(=O)Cn3cc([N+](=O)[O-])nc3C)sc2C1. The van der Waals surface area contributed by atoms with E-state index < -0.39 is 4.92 Å². The van der Waals surface area contributed by atoms with Gasteiger partial charge in [-0.15, -0.1) is 11.3 Å². The fourth-order valence-electron chi connectivity index (χ4n) is 3.20. The summed E-state index contributed by atoms with van der Waals surface area (Å²) in [6.07, 6.45) is 6.88. The summed E-state index contributed by atoms with van der Waals surface area (Å²) in [5.41, 5.74) is 1.10. The molecule has 9 heteroatoms. The molecule has 0 aromatic carbocycles. The molecule has 1 unspecified atom stereocenters. The van der Waals surface area contributed by atoms with Crippen LogP contribution in [0.4, 0.5) is 10.9 Å². The minimum atomic E-state index is -0.566. The normalized spacial score (nSPS) is 16.5. The van der Waals surface area contributed by atoms with Crippen LogP contribution in [0.25, 0.3) is 0 Å². The van der Waals surface area contributed by atoms with E-state index in [4.69, 9.17) is 0 Å². The maximum atomic E-state index is 12.2. The highest BCUT2D eigenvalue weighted by Gasteiger charge is 2.23. The minimum absolute atomic E-state index is 0.0185. The summed E-state index contributed by atoms with van der Waals surface area (Å²) in [5, 5.41) is 14.2. The summed E-state index contributed by atoms with van der Waals surface area (Å²) < 4.78 is 1.47. The number of carbonyl (C=O) groups excluding carboxylic acids is 1. The predicted octanol–water partition coefficient (Wildman–Crippen LogP) is 3.10. The maximum Gasteiger partial charge on any atom is 0.381 e. The lowest BCUT2D eigenvalue weighted by molar-refractivity contribution is -0.389. The smallest absolute Gasteiger partial charge is 0.358 e. The molecule has 8 nitrogen and oxygen atoms in total. The first kappa shape index (κ1) is 17.5. The molecule has 1 aliphatic carbocycles. The third kappa shape index (κ3) is 4.04. The molecule has 25 heavy (non-hydrogen) atoms. The van der Waals surface area contributed by atoms with Crippen molar-refractivity contribution in [3.05, 3.63) is 32.7 Å². The Bertz CT molecular complexity index is 798. The highest BCUT2D eigenvalue weighted by Crippen LogP contribution is 2.34. The van der Waals surface area contributed by atoms with Crippen molar-refractivity contribution in [3.8, 4) is 0 Å². The van der Waals surface area contributed by atoms with Crippen molar-refractivity contribution >= 4 is 28.2 Å². The molecule has 1 amide bonds. The van der Waals surface area contributed by atoms with Crippen LogP contribution in [-0.2, 0) is 24.2 Å². The Morgan fingerprint density at radius 1 is 1.52 bits per heavy atom. The monoisotopic (exact) mass is 363 g/mol. The molecular formula is C16H21N5O3S. The molecule has 0 saturated carbocycles. The van der Waals surface area contributed by atoms with E-state index in [1.807, 2.05) is 0 Å². The molecule has 134 valence electrons. The highest BCUT2D eigenvalue weighted by molar-refractivity contribution is 7.15. The number of aryl methyl sites for hydroxylation is 2. The van der Waals surface area contributed by atoms with Crippen LogP contribution >= 0.6 is 11.3 Å². The molecule has 1 atom stereocenters. The van der Waals surface area contributed by atoms with Gasteiger partial charge in [0, 0.05) is 11.8 Å². The topological polar surface area (TPSA) is 103 Å². The Labute approximate surface area is 149 Å². The first-order valence-corrected chi connectivity index (χ1v) is 9.24. The summed E-state index contributed by atoms with van der Waals surface area (Å²) in [6.45, 7) is 3.82. The van der Waals surface area contributed by atoms with Crippen LogP contribution in [0.1, 0.15) is 42.6 Å². The van der Waals surface area contributed by atoms with Gasteiger partial charge in [-0.2, -0.15) is 0 Å². The van der Waals surface area contributed by atoms with E-state index >= 15 is 0 Å². The molecule has 0 fully saturated rings. The second-order valence-corrected chi connectivity index (χ2v) is 7.45. The van der Waals surface area contributed by atoms with Gasteiger partial charge in [0.2, 0.25) is 11.7 Å². The van der Waals surface area contributed by atoms with E-state index in [-0.39, 0.29) is 18.3 Å². The Morgan fingerprint density at radius 3 is 3.00 bits per heavy atom. The van der Waals surface area contributed by atoms with Gasteiger partial charge in [0.15, 0.2) is 5.13 Å². The zero-order chi connectivity index (χ0) is 18.0. The standard InChI is InChI=1S/C16H21N5O3S/c1-3-4-11-5-6-12-13(7-11)25-16(18-12)19-15(22)9-20-8-14(21(23)24)17-10(20)2/h8,11H,3-7,9H2,1-2H3,(H,18,19,22). The highest BCUT2D eigenvalue weighted by atomic mass is 32.1. The largest absolute Gasteiger partial charge is 0.381 e. The number of fused-ring (bicyclic) bond motifs is 1. The van der Waals surface area contributed by atoms with Crippen molar-refractivity contribution in [2.24, 2.45) is 5.92 Å². The average Bonchev–Trinajstić information content (AvgIpc) is 3.10. The van der Waals surface area contributed by atoms with Gasteiger partial charge in [-0.25, -0.2) is 4.98 Å². The van der Waals surface area contributed by atoms with Gasteiger partial charge >= 0.3 is 5.82 Å². The van der Waals surface area contributed by atoms with Crippen molar-refractivity contribution in [1.82, 2.24) is 14.5 Å². The minimum Gasteiger partial charge on any atom is -0.358 e. The maximum absolute atomic E-state index is 12.2. The average molecular weight is 363 g/mol. The van der Waals surface area contributed by atoms with Crippen molar-refractivity contribution in [1.29, 1.82) is 0 Å². The number of imidazole rings is 1. The van der Waals surface area contributed by atoms with Crippen LogP contribution < -0.4 is 5.32 Å². The third-order valence-corrected chi connectivity index (χ3v) is 5.48. The third-order valence-electron chi connectivity index (χ3n) is 4.45. The number of amides is 1. The number of thiazole rings is 1. The lowest BCUT2D eigenvalue weighted by Gasteiger charge is -2.19. The van der Waals surface area contributed by atoms with Gasteiger partial charge < -0.3 is 15.4 Å². The zero-order valence-electron chi connectivity index (χ0n) is 14.3. The van der Waals surface area contributed by atoms with Crippen molar-refractivity contribution in [3.63, 3.8) is 0 Å². The molecule has 3 rings (SSSR count). The fraction of sp³-hybridized carbons (Fsp3) is 0.562. The predicted molar refractivity (Wildman–Crippen MR) is 94.8 cm³/mol. The van der Waals surface area contributed by atoms with E-state index in [1.165, 1.54) is 28.5 Å². The Balaban J connectivity index is 1.63. The summed E-state index contributed by atoms with van der Waals surface area (Å²) >= 11 is 1.54. The zero-order valence-corrected chi connectivity index (χ0v) is 15.1. The molecule has 2 aromatic heterocycles. The van der Waals surface area contributed by atoms with Crippen LogP contribution in [0.3, 0.4) is 0 Å². The summed E-state index contributed by atoms with van der Waals surface area (Å²) in [7, 11) is 0. The molecule has 1 aliphatic rings. The Kier molecular flexibility index (Phi) is 5.12. The van der Waals surface area contributed by atoms with E-state index in [9.17, 15) is 14.9 Å². The van der Waals surface area contributed by atoms with Crippen LogP contribution in [0.15, 0.2) is 6.20 Å². The summed E-state index contributed by atoms with van der Waals surface area (Å²) in [4.78, 5) is 32.0. The number of nitrogens with zero attached hydrogens (tertiary/aromatic N) is 4. The van der Waals surface area contributed by atoms with Gasteiger partial charge in [-0.3, -0.25) is 9.36 Å². The van der Waals surface area contributed by atoms with Gasteiger partial charge in [-0.1, -0.05) is 19.8 Å². The van der Waals surface area contributed by atoms with E-state index in [0.717, 1.165) is 30.9 Å². The Morgan fingerprint density at radius 2 is 2.32 bits per heavy atom. The van der Waals surface area contributed by atoms with Gasteiger partial charge in [-0.05, 0) is 35.1 Å². The second-order valence-electron chi connectivity index (χ2n) is 6.37. The molecule has 0 bridgehead atoms.